The number of piperidine rings is 1. The molecule has 2 aromatic rings. The van der Waals surface area contributed by atoms with E-state index in [1.165, 1.54) is 14.0 Å². The number of carbonyl (C=O) groups excluding carboxylic acids is 3. The van der Waals surface area contributed by atoms with Gasteiger partial charge in [-0.3, -0.25) is 14.4 Å². The van der Waals surface area contributed by atoms with Crippen LogP contribution in [0.5, 0.6) is 0 Å². The van der Waals surface area contributed by atoms with Gasteiger partial charge in [0.05, 0.1) is 21.2 Å². The fraction of sp³-hybridized carbons (Fsp3) is 0.500. The first-order valence-electron chi connectivity index (χ1n) is 14.0. The molecule has 2 unspecified atom stereocenters. The molecule has 0 spiro atoms. The molecule has 2 aliphatic rings. The van der Waals surface area contributed by atoms with Gasteiger partial charge < -0.3 is 15.1 Å². The molecule has 0 radical (unpaired) electrons. The normalized spacial score (nSPS) is 22.8. The highest BCUT2D eigenvalue weighted by Crippen LogP contribution is 2.39. The van der Waals surface area contributed by atoms with Gasteiger partial charge in [0, 0.05) is 56.5 Å². The molecule has 1 saturated carbocycles. The van der Waals surface area contributed by atoms with E-state index in [2.05, 4.69) is 5.32 Å². The molecular weight excluding hydrogens is 635 g/mol. The second-order valence-corrected chi connectivity index (χ2v) is 12.2. The van der Waals surface area contributed by atoms with Crippen molar-refractivity contribution in [3.63, 3.8) is 0 Å². The van der Waals surface area contributed by atoms with Crippen molar-refractivity contribution in [2.75, 3.05) is 20.1 Å². The second-order valence-electron chi connectivity index (χ2n) is 11.4. The number of nitrogens with zero attached hydrogens (tertiary/aromatic N) is 2. The molecule has 2 aromatic carbocycles. The van der Waals surface area contributed by atoms with E-state index in [0.717, 1.165) is 4.90 Å². The lowest BCUT2D eigenvalue weighted by Gasteiger charge is -2.44. The Balaban J connectivity index is 1.61. The van der Waals surface area contributed by atoms with E-state index < -0.39 is 46.9 Å². The Labute approximate surface area is 260 Å². The number of amides is 3. The van der Waals surface area contributed by atoms with E-state index in [1.807, 2.05) is 0 Å². The van der Waals surface area contributed by atoms with Gasteiger partial charge in [-0.2, -0.15) is 26.3 Å². The highest BCUT2D eigenvalue weighted by atomic mass is 35.5. The van der Waals surface area contributed by atoms with Crippen molar-refractivity contribution >= 4 is 40.9 Å². The third-order valence-corrected chi connectivity index (χ3v) is 9.14. The summed E-state index contributed by atoms with van der Waals surface area (Å²) in [7, 11) is 1.33. The number of carbonyl (C=O) groups is 3. The van der Waals surface area contributed by atoms with E-state index in [1.54, 1.807) is 23.1 Å². The van der Waals surface area contributed by atoms with Crippen LogP contribution in [0.15, 0.2) is 36.4 Å². The zero-order valence-electron chi connectivity index (χ0n) is 23.9. The molecule has 1 heterocycles. The molecule has 3 amide bonds. The Morgan fingerprint density at radius 2 is 1.45 bits per heavy atom. The quantitative estimate of drug-likeness (QED) is 0.344. The van der Waals surface area contributed by atoms with Crippen LogP contribution in [0.4, 0.5) is 26.3 Å². The minimum atomic E-state index is -5.11. The minimum absolute atomic E-state index is 0.000356. The fourth-order valence-corrected chi connectivity index (χ4v) is 6.44. The Kier molecular flexibility index (Phi) is 10.1. The monoisotopic (exact) mass is 665 g/mol. The van der Waals surface area contributed by atoms with Gasteiger partial charge in [-0.1, -0.05) is 29.3 Å². The number of nitrogens with one attached hydrogen (secondary N) is 1. The van der Waals surface area contributed by atoms with Crippen molar-refractivity contribution in [2.45, 2.75) is 69.4 Å². The van der Waals surface area contributed by atoms with E-state index in [9.17, 15) is 40.7 Å². The van der Waals surface area contributed by atoms with E-state index in [4.69, 9.17) is 23.2 Å². The molecule has 1 saturated heterocycles. The summed E-state index contributed by atoms with van der Waals surface area (Å²) in [5.41, 5.74) is -3.31. The van der Waals surface area contributed by atoms with Crippen LogP contribution in [0.3, 0.4) is 0 Å². The van der Waals surface area contributed by atoms with Crippen molar-refractivity contribution in [2.24, 2.45) is 5.92 Å². The van der Waals surface area contributed by atoms with Crippen molar-refractivity contribution in [3.8, 4) is 0 Å². The second kappa shape index (κ2) is 13.2. The van der Waals surface area contributed by atoms with Gasteiger partial charge >= 0.3 is 12.4 Å². The molecule has 240 valence electrons. The maximum absolute atomic E-state index is 13.6. The fourth-order valence-electron chi connectivity index (χ4n) is 6.14. The Bertz CT molecular complexity index is 1380. The van der Waals surface area contributed by atoms with Gasteiger partial charge in [0.1, 0.15) is 0 Å². The molecule has 2 atom stereocenters. The predicted octanol–water partition coefficient (Wildman–Crippen LogP) is 7.18. The smallest absolute Gasteiger partial charge is 0.354 e. The van der Waals surface area contributed by atoms with E-state index in [0.29, 0.717) is 43.4 Å². The van der Waals surface area contributed by atoms with Gasteiger partial charge in [0.15, 0.2) is 0 Å². The number of likely N-dealkylation sites (N-methyl/N-ethyl adjacent to an activating group) is 1. The van der Waals surface area contributed by atoms with Crippen molar-refractivity contribution in [3.05, 3.63) is 68.7 Å². The largest absolute Gasteiger partial charge is 0.416 e. The van der Waals surface area contributed by atoms with Crippen LogP contribution in [-0.2, 0) is 21.9 Å². The number of benzene rings is 2. The van der Waals surface area contributed by atoms with Crippen molar-refractivity contribution in [1.82, 2.24) is 15.1 Å². The van der Waals surface area contributed by atoms with E-state index >= 15 is 0 Å². The van der Waals surface area contributed by atoms with Crippen LogP contribution in [0.2, 0.25) is 10.0 Å². The van der Waals surface area contributed by atoms with Crippen LogP contribution in [0.1, 0.15) is 72.0 Å². The highest BCUT2D eigenvalue weighted by molar-refractivity contribution is 6.42. The molecule has 0 bridgehead atoms. The molecule has 44 heavy (non-hydrogen) atoms. The summed E-state index contributed by atoms with van der Waals surface area (Å²) in [6.45, 7) is 1.80. The van der Waals surface area contributed by atoms with Gasteiger partial charge in [0.25, 0.3) is 5.91 Å². The lowest BCUT2D eigenvalue weighted by molar-refractivity contribution is -0.143. The zero-order valence-corrected chi connectivity index (χ0v) is 25.4. The Morgan fingerprint density at radius 1 is 0.864 bits per heavy atom. The molecular formula is C30H31Cl2F6N3O3. The molecule has 2 fully saturated rings. The number of hydrogen-bond donors (Lipinski definition) is 1. The third kappa shape index (κ3) is 7.80. The van der Waals surface area contributed by atoms with Crippen LogP contribution in [0.25, 0.3) is 0 Å². The average molecular weight is 666 g/mol. The molecule has 4 rings (SSSR count). The summed E-state index contributed by atoms with van der Waals surface area (Å²) in [5.74, 6) is -2.08. The maximum atomic E-state index is 13.6. The molecule has 1 aliphatic heterocycles. The summed E-state index contributed by atoms with van der Waals surface area (Å²) < 4.78 is 80.9. The van der Waals surface area contributed by atoms with Crippen molar-refractivity contribution in [1.29, 1.82) is 0 Å². The maximum Gasteiger partial charge on any atom is 0.416 e. The Morgan fingerprint density at radius 3 is 1.98 bits per heavy atom. The number of alkyl halides is 6. The third-order valence-electron chi connectivity index (χ3n) is 8.40. The van der Waals surface area contributed by atoms with Gasteiger partial charge in [-0.05, 0) is 68.0 Å². The number of rotatable bonds is 5. The predicted molar refractivity (Wildman–Crippen MR) is 152 cm³/mol. The number of halogens is 8. The SMILES string of the molecule is CC(=O)NC1CCC(C(=O)N2CCC(N(C)C(=O)c3cc(C(F)(F)F)cc(C(F)(F)F)c3)C(c3ccc(Cl)c(Cl)c3)C2)CC1. The van der Waals surface area contributed by atoms with Crippen LogP contribution in [0, 0.1) is 5.92 Å². The molecule has 1 aliphatic carbocycles. The summed E-state index contributed by atoms with van der Waals surface area (Å²) in [4.78, 5) is 41.3. The van der Waals surface area contributed by atoms with E-state index in [-0.39, 0.29) is 59.4 Å². The first-order chi connectivity index (χ1) is 20.5. The number of hydrogen-bond acceptors (Lipinski definition) is 3. The lowest BCUT2D eigenvalue weighted by atomic mass is 9.82. The number of likely N-dealkylation sites (tertiary alicyclic amines) is 1. The van der Waals surface area contributed by atoms with Gasteiger partial charge in [0.2, 0.25) is 11.8 Å². The van der Waals surface area contributed by atoms with Crippen LogP contribution < -0.4 is 5.32 Å². The molecule has 0 aromatic heterocycles. The minimum Gasteiger partial charge on any atom is -0.354 e. The van der Waals surface area contributed by atoms with Crippen LogP contribution in [-0.4, -0.2) is 59.7 Å². The van der Waals surface area contributed by atoms with Crippen molar-refractivity contribution < 1.29 is 40.7 Å². The topological polar surface area (TPSA) is 69.7 Å². The van der Waals surface area contributed by atoms with Gasteiger partial charge in [-0.25, -0.2) is 0 Å². The highest BCUT2D eigenvalue weighted by Gasteiger charge is 2.41. The molecule has 6 nitrogen and oxygen atoms in total. The summed E-state index contributed by atoms with van der Waals surface area (Å²) in [6.07, 6.45) is -7.54. The molecule has 1 N–H and O–H groups in total. The summed E-state index contributed by atoms with van der Waals surface area (Å²) in [6, 6.07) is 4.91. The molecule has 14 heteroatoms. The summed E-state index contributed by atoms with van der Waals surface area (Å²) in [5, 5.41) is 3.35. The summed E-state index contributed by atoms with van der Waals surface area (Å²) >= 11 is 12.4. The standard InChI is InChI=1S/C30H31Cl2F6N3O3/c1-16(42)39-22-6-3-17(4-7-22)28(44)41-10-9-26(23(15-41)18-5-8-24(31)25(32)13-18)40(2)27(43)19-11-20(29(33,34)35)14-21(12-19)30(36,37)38/h5,8,11-14,17,22-23,26H,3-4,6-7,9-10,15H2,1-2H3,(H,39,42). The van der Waals surface area contributed by atoms with Crippen LogP contribution >= 0.6 is 23.2 Å². The average Bonchev–Trinajstić information content (AvgIpc) is 2.96. The zero-order chi connectivity index (χ0) is 32.6. The first-order valence-corrected chi connectivity index (χ1v) is 14.8. The lowest BCUT2D eigenvalue weighted by Crippen LogP contribution is -2.53. The Hall–Kier alpha value is -2.99. The van der Waals surface area contributed by atoms with Gasteiger partial charge in [-0.15, -0.1) is 0 Å². The first kappa shape index (κ1) is 33.9.